The quantitative estimate of drug-likeness (QED) is 0.345. The third kappa shape index (κ3) is 7.60. The highest BCUT2D eigenvalue weighted by molar-refractivity contribution is 5.95. The minimum Gasteiger partial charge on any atom is -0.480 e. The molecule has 4 rings (SSSR count). The molecule has 0 spiro atoms. The number of nitrogens with zero attached hydrogens (tertiary/aromatic N) is 2. The molecule has 1 atom stereocenters. The van der Waals surface area contributed by atoms with Crippen molar-refractivity contribution >= 4 is 35.3 Å². The molecule has 0 bridgehead atoms. The number of benzene rings is 2. The molecular formula is C26H32N6O5. The summed E-state index contributed by atoms with van der Waals surface area (Å²) in [5.41, 5.74) is 2.79. The zero-order valence-electron chi connectivity index (χ0n) is 20.5. The molecule has 1 saturated heterocycles. The fourth-order valence-corrected chi connectivity index (χ4v) is 4.25. The van der Waals surface area contributed by atoms with Gasteiger partial charge in [0.2, 0.25) is 5.91 Å². The minimum absolute atomic E-state index is 0.0224. The normalized spacial score (nSPS) is 16.2. The lowest BCUT2D eigenvalue weighted by molar-refractivity contribution is -0.139. The Morgan fingerprint density at radius 2 is 1.89 bits per heavy atom. The van der Waals surface area contributed by atoms with Crippen LogP contribution in [0.1, 0.15) is 18.4 Å². The van der Waals surface area contributed by atoms with Crippen LogP contribution in [0, 0.1) is 5.92 Å². The lowest BCUT2D eigenvalue weighted by atomic mass is 9.95. The number of hydrogen-bond donors (Lipinski definition) is 5. The second kappa shape index (κ2) is 12.6. The van der Waals surface area contributed by atoms with Crippen LogP contribution in [0.2, 0.25) is 0 Å². The Morgan fingerprint density at radius 3 is 2.59 bits per heavy atom. The van der Waals surface area contributed by atoms with Crippen LogP contribution in [0.15, 0.2) is 59.6 Å². The molecule has 0 unspecified atom stereocenters. The van der Waals surface area contributed by atoms with Gasteiger partial charge in [0.25, 0.3) is 0 Å². The highest BCUT2D eigenvalue weighted by Crippen LogP contribution is 2.25. The van der Waals surface area contributed by atoms with Crippen LogP contribution in [0.25, 0.3) is 0 Å². The number of anilines is 2. The topological polar surface area (TPSA) is 144 Å². The first-order valence-corrected chi connectivity index (χ1v) is 12.4. The summed E-state index contributed by atoms with van der Waals surface area (Å²) >= 11 is 0. The van der Waals surface area contributed by atoms with E-state index >= 15 is 0 Å². The van der Waals surface area contributed by atoms with Crippen LogP contribution >= 0.6 is 0 Å². The highest BCUT2D eigenvalue weighted by Gasteiger charge is 2.27. The molecule has 2 heterocycles. The van der Waals surface area contributed by atoms with Gasteiger partial charge in [0, 0.05) is 43.5 Å². The van der Waals surface area contributed by atoms with Crippen LogP contribution in [0.5, 0.6) is 0 Å². The Morgan fingerprint density at radius 1 is 1.11 bits per heavy atom. The molecule has 2 aliphatic rings. The van der Waals surface area contributed by atoms with Crippen LogP contribution in [-0.4, -0.2) is 67.8 Å². The Kier molecular flexibility index (Phi) is 8.79. The number of carboxylic acids is 1. The van der Waals surface area contributed by atoms with E-state index in [1.807, 2.05) is 36.4 Å². The van der Waals surface area contributed by atoms with E-state index in [1.165, 1.54) is 0 Å². The van der Waals surface area contributed by atoms with E-state index in [1.54, 1.807) is 12.1 Å². The number of carbonyl (C=O) groups excluding carboxylic acids is 2. The van der Waals surface area contributed by atoms with Gasteiger partial charge in [-0.05, 0) is 36.6 Å². The molecule has 196 valence electrons. The number of ether oxygens (including phenoxy) is 1. The number of carbonyl (C=O) groups is 3. The maximum atomic E-state index is 12.7. The van der Waals surface area contributed by atoms with Crippen molar-refractivity contribution in [2.24, 2.45) is 10.9 Å². The molecule has 0 radical (unpaired) electrons. The number of alkyl carbamates (subject to hydrolysis) is 1. The van der Waals surface area contributed by atoms with Gasteiger partial charge in [-0.25, -0.2) is 9.59 Å². The molecule has 0 aromatic heterocycles. The van der Waals surface area contributed by atoms with Gasteiger partial charge < -0.3 is 36.0 Å². The van der Waals surface area contributed by atoms with Gasteiger partial charge in [-0.2, -0.15) is 0 Å². The van der Waals surface area contributed by atoms with Crippen LogP contribution in [-0.2, 0) is 20.9 Å². The van der Waals surface area contributed by atoms with Crippen molar-refractivity contribution < 1.29 is 24.2 Å². The number of aliphatic imine (C=N–C) groups is 1. The van der Waals surface area contributed by atoms with Gasteiger partial charge in [-0.3, -0.25) is 9.79 Å². The second-order valence-electron chi connectivity index (χ2n) is 8.94. The fourth-order valence-electron chi connectivity index (χ4n) is 4.25. The van der Waals surface area contributed by atoms with Crippen molar-refractivity contribution in [2.75, 3.05) is 42.9 Å². The summed E-state index contributed by atoms with van der Waals surface area (Å²) in [6.45, 7) is 2.80. The summed E-state index contributed by atoms with van der Waals surface area (Å²) < 4.78 is 5.08. The molecule has 11 heteroatoms. The summed E-state index contributed by atoms with van der Waals surface area (Å²) in [6.07, 6.45) is 0.427. The van der Waals surface area contributed by atoms with Crippen molar-refractivity contribution in [1.29, 1.82) is 0 Å². The van der Waals surface area contributed by atoms with Gasteiger partial charge in [0.05, 0.1) is 6.54 Å². The van der Waals surface area contributed by atoms with E-state index < -0.39 is 18.1 Å². The average Bonchev–Trinajstić information content (AvgIpc) is 3.43. The first-order valence-electron chi connectivity index (χ1n) is 12.4. The molecule has 2 aliphatic heterocycles. The van der Waals surface area contributed by atoms with Crippen molar-refractivity contribution in [3.63, 3.8) is 0 Å². The van der Waals surface area contributed by atoms with Gasteiger partial charge in [-0.1, -0.05) is 36.4 Å². The Balaban J connectivity index is 1.21. The molecule has 11 nitrogen and oxygen atoms in total. The Labute approximate surface area is 215 Å². The maximum absolute atomic E-state index is 12.7. The summed E-state index contributed by atoms with van der Waals surface area (Å²) in [7, 11) is 0. The lowest BCUT2D eigenvalue weighted by Gasteiger charge is -2.33. The zero-order valence-corrected chi connectivity index (χ0v) is 20.5. The van der Waals surface area contributed by atoms with Crippen molar-refractivity contribution in [3.05, 3.63) is 60.2 Å². The summed E-state index contributed by atoms with van der Waals surface area (Å²) in [6, 6.07) is 15.8. The van der Waals surface area contributed by atoms with E-state index in [-0.39, 0.29) is 25.0 Å². The summed E-state index contributed by atoms with van der Waals surface area (Å²) in [5, 5.41) is 20.9. The largest absolute Gasteiger partial charge is 0.480 e. The minimum atomic E-state index is -1.29. The van der Waals surface area contributed by atoms with Crippen LogP contribution < -0.4 is 26.2 Å². The first kappa shape index (κ1) is 25.8. The maximum Gasteiger partial charge on any atom is 0.408 e. The van der Waals surface area contributed by atoms with Crippen LogP contribution in [0.4, 0.5) is 16.2 Å². The third-order valence-electron chi connectivity index (χ3n) is 6.30. The average molecular weight is 509 g/mol. The number of amides is 2. The van der Waals surface area contributed by atoms with Gasteiger partial charge in [0.1, 0.15) is 12.6 Å². The van der Waals surface area contributed by atoms with Gasteiger partial charge >= 0.3 is 12.1 Å². The Bertz CT molecular complexity index is 1120. The SMILES string of the molecule is O=C(N[C@@H](CNC(=O)C1CCN(c2cccc(NC3=NCCN3)c2)CC1)C(=O)O)OCc1ccccc1. The third-order valence-corrected chi connectivity index (χ3v) is 6.30. The van der Waals surface area contributed by atoms with E-state index in [2.05, 4.69) is 37.2 Å². The van der Waals surface area contributed by atoms with Gasteiger partial charge in [-0.15, -0.1) is 0 Å². The monoisotopic (exact) mass is 508 g/mol. The van der Waals surface area contributed by atoms with Crippen molar-refractivity contribution in [1.82, 2.24) is 16.0 Å². The molecule has 2 aromatic rings. The summed E-state index contributed by atoms with van der Waals surface area (Å²) in [4.78, 5) is 42.9. The Hall–Kier alpha value is -4.28. The second-order valence-corrected chi connectivity index (χ2v) is 8.94. The molecule has 1 fully saturated rings. The summed E-state index contributed by atoms with van der Waals surface area (Å²) in [5.74, 6) is -0.926. The van der Waals surface area contributed by atoms with E-state index in [9.17, 15) is 19.5 Å². The predicted octanol–water partition coefficient (Wildman–Crippen LogP) is 1.77. The first-order chi connectivity index (χ1) is 18.0. The fraction of sp³-hybridized carbons (Fsp3) is 0.385. The number of nitrogens with one attached hydrogen (secondary N) is 4. The molecule has 2 amide bonds. The van der Waals surface area contributed by atoms with E-state index in [4.69, 9.17) is 4.74 Å². The van der Waals surface area contributed by atoms with E-state index in [0.717, 1.165) is 36.0 Å². The molecular weight excluding hydrogens is 476 g/mol. The predicted molar refractivity (Wildman–Crippen MR) is 140 cm³/mol. The van der Waals surface area contributed by atoms with E-state index in [0.29, 0.717) is 25.9 Å². The molecule has 0 saturated carbocycles. The lowest BCUT2D eigenvalue weighted by Crippen LogP contribution is -2.50. The number of hydrogen-bond acceptors (Lipinski definition) is 8. The number of carboxylic acid groups (broad SMARTS) is 1. The smallest absolute Gasteiger partial charge is 0.408 e. The zero-order chi connectivity index (χ0) is 26.0. The molecule has 2 aromatic carbocycles. The van der Waals surface area contributed by atoms with Crippen molar-refractivity contribution in [2.45, 2.75) is 25.5 Å². The number of aliphatic carboxylic acids is 1. The number of piperidine rings is 1. The standard InChI is InChI=1S/C26H32N6O5/c33-23(29-16-22(24(34)35)31-26(36)37-17-18-5-2-1-3-6-18)19-9-13-32(14-10-19)21-8-4-7-20(15-21)30-25-27-11-12-28-25/h1-8,15,19,22H,9-14,16-17H2,(H,29,33)(H,31,36)(H,34,35)(H2,27,28,30)/t22-/m0/s1. The molecule has 37 heavy (non-hydrogen) atoms. The van der Waals surface area contributed by atoms with Crippen molar-refractivity contribution in [3.8, 4) is 0 Å². The number of rotatable bonds is 9. The molecule has 5 N–H and O–H groups in total. The number of guanidine groups is 1. The van der Waals surface area contributed by atoms with Gasteiger partial charge in [0.15, 0.2) is 5.96 Å². The molecule has 0 aliphatic carbocycles. The van der Waals surface area contributed by atoms with Crippen LogP contribution in [0.3, 0.4) is 0 Å². The highest BCUT2D eigenvalue weighted by atomic mass is 16.5.